The van der Waals surface area contributed by atoms with Crippen LogP contribution in [0.3, 0.4) is 0 Å². The minimum atomic E-state index is -0.373. The Morgan fingerprint density at radius 3 is 2.50 bits per heavy atom. The first-order chi connectivity index (χ1) is 13.6. The molecule has 1 unspecified atom stereocenters. The molecule has 1 heterocycles. The molecule has 2 N–H and O–H groups in total. The summed E-state index contributed by atoms with van der Waals surface area (Å²) in [6.07, 6.45) is 0. The third-order valence-corrected chi connectivity index (χ3v) is 5.16. The van der Waals surface area contributed by atoms with Gasteiger partial charge < -0.3 is 15.2 Å². The van der Waals surface area contributed by atoms with Crippen molar-refractivity contribution in [2.24, 2.45) is 0 Å². The smallest absolute Gasteiger partial charge is 0.246 e. The second kappa shape index (κ2) is 9.68. The fourth-order valence-electron chi connectivity index (χ4n) is 3.67. The lowest BCUT2D eigenvalue weighted by atomic mass is 10.0. The van der Waals surface area contributed by atoms with Crippen LogP contribution in [0.4, 0.5) is 5.69 Å². The number of anilines is 1. The van der Waals surface area contributed by atoms with Gasteiger partial charge in [-0.2, -0.15) is 0 Å². The zero-order valence-corrected chi connectivity index (χ0v) is 16.6. The van der Waals surface area contributed by atoms with Crippen molar-refractivity contribution in [3.05, 3.63) is 59.7 Å². The molecule has 1 fully saturated rings. The van der Waals surface area contributed by atoms with E-state index < -0.39 is 0 Å². The Balaban J connectivity index is 1.82. The fraction of sp³-hybridized carbons (Fsp3) is 0.409. The first-order valence-electron chi connectivity index (χ1n) is 9.70. The highest BCUT2D eigenvalue weighted by Gasteiger charge is 2.30. The number of β-amino-alcohol motifs (C(OH)–C–C–N with tert-alkyl or cyclic N) is 1. The van der Waals surface area contributed by atoms with Gasteiger partial charge in [-0.1, -0.05) is 36.4 Å². The number of aliphatic hydroxyl groups is 1. The summed E-state index contributed by atoms with van der Waals surface area (Å²) in [6, 6.07) is 15.3. The highest BCUT2D eigenvalue weighted by Crippen LogP contribution is 2.29. The van der Waals surface area contributed by atoms with Crippen molar-refractivity contribution in [1.29, 1.82) is 0 Å². The summed E-state index contributed by atoms with van der Waals surface area (Å²) >= 11 is 0. The molecule has 0 bridgehead atoms. The highest BCUT2D eigenvalue weighted by atomic mass is 16.5. The van der Waals surface area contributed by atoms with Crippen LogP contribution in [0.2, 0.25) is 0 Å². The number of nitrogens with one attached hydrogen (secondary N) is 1. The first-order valence-corrected chi connectivity index (χ1v) is 9.70. The normalized spacial score (nSPS) is 16.5. The largest absolute Gasteiger partial charge is 0.495 e. The highest BCUT2D eigenvalue weighted by molar-refractivity contribution is 5.96. The van der Waals surface area contributed by atoms with Crippen LogP contribution >= 0.6 is 0 Å². The minimum Gasteiger partial charge on any atom is -0.495 e. The Labute approximate surface area is 166 Å². The number of methoxy groups -OCH3 is 1. The van der Waals surface area contributed by atoms with E-state index in [2.05, 4.69) is 15.1 Å². The van der Waals surface area contributed by atoms with Gasteiger partial charge in [0, 0.05) is 32.7 Å². The maximum atomic E-state index is 13.3. The van der Waals surface area contributed by atoms with E-state index in [0.717, 1.165) is 37.3 Å². The van der Waals surface area contributed by atoms with Crippen LogP contribution in [0, 0.1) is 6.92 Å². The van der Waals surface area contributed by atoms with E-state index in [9.17, 15) is 4.79 Å². The lowest BCUT2D eigenvalue weighted by Gasteiger charge is -2.38. The van der Waals surface area contributed by atoms with E-state index in [4.69, 9.17) is 9.84 Å². The summed E-state index contributed by atoms with van der Waals surface area (Å²) in [5.74, 6) is 0.587. The maximum absolute atomic E-state index is 13.3. The molecule has 1 aliphatic rings. The van der Waals surface area contributed by atoms with Gasteiger partial charge in [0.05, 0.1) is 19.4 Å². The summed E-state index contributed by atoms with van der Waals surface area (Å²) in [5, 5.41) is 12.2. The van der Waals surface area contributed by atoms with E-state index in [-0.39, 0.29) is 18.6 Å². The van der Waals surface area contributed by atoms with Crippen LogP contribution in [0.5, 0.6) is 5.75 Å². The molecule has 2 aromatic rings. The van der Waals surface area contributed by atoms with Crippen LogP contribution in [-0.4, -0.2) is 67.3 Å². The van der Waals surface area contributed by atoms with Gasteiger partial charge in [-0.05, 0) is 30.2 Å². The number of amides is 1. The number of aryl methyl sites for hydroxylation is 1. The predicted octanol–water partition coefficient (Wildman–Crippen LogP) is 2.29. The second-order valence-corrected chi connectivity index (χ2v) is 7.11. The molecule has 0 saturated carbocycles. The van der Waals surface area contributed by atoms with Crippen LogP contribution in [-0.2, 0) is 4.79 Å². The standard InChI is InChI=1S/C22H29N3O3/c1-17-8-9-20(28-2)19(16-17)23-22(27)21(18-6-4-3-5-7-18)25-12-10-24(11-13-25)14-15-26/h3-9,16,21,26H,10-15H2,1-2H3,(H,23,27). The van der Waals surface area contributed by atoms with Gasteiger partial charge in [-0.3, -0.25) is 14.6 Å². The molecule has 6 heteroatoms. The van der Waals surface area contributed by atoms with E-state index in [1.807, 2.05) is 55.5 Å². The lowest BCUT2D eigenvalue weighted by Crippen LogP contribution is -2.50. The summed E-state index contributed by atoms with van der Waals surface area (Å²) < 4.78 is 5.41. The minimum absolute atomic E-state index is 0.0642. The Morgan fingerprint density at radius 2 is 1.86 bits per heavy atom. The molecule has 0 radical (unpaired) electrons. The zero-order chi connectivity index (χ0) is 19.9. The maximum Gasteiger partial charge on any atom is 0.246 e. The van der Waals surface area contributed by atoms with Gasteiger partial charge in [0.1, 0.15) is 11.8 Å². The van der Waals surface area contributed by atoms with Crippen LogP contribution in [0.1, 0.15) is 17.2 Å². The number of nitrogens with zero attached hydrogens (tertiary/aromatic N) is 2. The van der Waals surface area contributed by atoms with Crippen molar-refractivity contribution in [2.45, 2.75) is 13.0 Å². The molecule has 1 aliphatic heterocycles. The zero-order valence-electron chi connectivity index (χ0n) is 16.6. The van der Waals surface area contributed by atoms with Crippen molar-refractivity contribution in [3.8, 4) is 5.75 Å². The Hall–Kier alpha value is -2.41. The molecular weight excluding hydrogens is 354 g/mol. The van der Waals surface area contributed by atoms with Crippen LogP contribution < -0.4 is 10.1 Å². The van der Waals surface area contributed by atoms with E-state index in [1.54, 1.807) is 7.11 Å². The molecule has 0 aromatic heterocycles. The number of rotatable bonds is 7. The second-order valence-electron chi connectivity index (χ2n) is 7.11. The molecule has 2 aromatic carbocycles. The molecule has 28 heavy (non-hydrogen) atoms. The van der Waals surface area contributed by atoms with Crippen molar-refractivity contribution < 1.29 is 14.6 Å². The molecule has 1 saturated heterocycles. The average molecular weight is 383 g/mol. The fourth-order valence-corrected chi connectivity index (χ4v) is 3.67. The Bertz CT molecular complexity index is 774. The number of carbonyl (C=O) groups excluding carboxylic acids is 1. The van der Waals surface area contributed by atoms with E-state index in [0.29, 0.717) is 18.0 Å². The molecule has 0 aliphatic carbocycles. The van der Waals surface area contributed by atoms with E-state index >= 15 is 0 Å². The third kappa shape index (κ3) is 4.90. The van der Waals surface area contributed by atoms with E-state index in [1.165, 1.54) is 0 Å². The number of hydrogen-bond acceptors (Lipinski definition) is 5. The van der Waals surface area contributed by atoms with Gasteiger partial charge in [0.25, 0.3) is 0 Å². The Kier molecular flexibility index (Phi) is 7.03. The number of aliphatic hydroxyl groups excluding tert-OH is 1. The quantitative estimate of drug-likeness (QED) is 0.768. The number of hydrogen-bond donors (Lipinski definition) is 2. The van der Waals surface area contributed by atoms with Crippen molar-refractivity contribution in [2.75, 3.05) is 51.8 Å². The van der Waals surface area contributed by atoms with Crippen molar-refractivity contribution >= 4 is 11.6 Å². The Morgan fingerprint density at radius 1 is 1.14 bits per heavy atom. The molecular formula is C22H29N3O3. The topological polar surface area (TPSA) is 65.0 Å². The molecule has 0 spiro atoms. The SMILES string of the molecule is COc1ccc(C)cc1NC(=O)C(c1ccccc1)N1CCN(CCO)CC1. The van der Waals surface area contributed by atoms with Gasteiger partial charge in [0.2, 0.25) is 5.91 Å². The molecule has 1 atom stereocenters. The molecule has 150 valence electrons. The van der Waals surface area contributed by atoms with Gasteiger partial charge in [-0.15, -0.1) is 0 Å². The monoisotopic (exact) mass is 383 g/mol. The first kappa shape index (κ1) is 20.3. The summed E-state index contributed by atoms with van der Waals surface area (Å²) in [4.78, 5) is 17.8. The lowest BCUT2D eigenvalue weighted by molar-refractivity contribution is -0.122. The third-order valence-electron chi connectivity index (χ3n) is 5.16. The van der Waals surface area contributed by atoms with Gasteiger partial charge in [0.15, 0.2) is 0 Å². The van der Waals surface area contributed by atoms with Crippen molar-refractivity contribution in [3.63, 3.8) is 0 Å². The van der Waals surface area contributed by atoms with Crippen LogP contribution in [0.15, 0.2) is 48.5 Å². The molecule has 3 rings (SSSR count). The molecule has 1 amide bonds. The van der Waals surface area contributed by atoms with Gasteiger partial charge >= 0.3 is 0 Å². The number of carbonyl (C=O) groups is 1. The predicted molar refractivity (Wildman–Crippen MR) is 111 cm³/mol. The summed E-state index contributed by atoms with van der Waals surface area (Å²) in [5.41, 5.74) is 2.72. The summed E-state index contributed by atoms with van der Waals surface area (Å²) in [6.45, 7) is 6.06. The van der Waals surface area contributed by atoms with Crippen LogP contribution in [0.25, 0.3) is 0 Å². The van der Waals surface area contributed by atoms with Gasteiger partial charge in [-0.25, -0.2) is 0 Å². The number of benzene rings is 2. The number of piperazine rings is 1. The van der Waals surface area contributed by atoms with Crippen molar-refractivity contribution in [1.82, 2.24) is 9.80 Å². The average Bonchev–Trinajstić information content (AvgIpc) is 2.71. The summed E-state index contributed by atoms with van der Waals surface area (Å²) in [7, 11) is 1.61. The molecule has 6 nitrogen and oxygen atoms in total. The number of ether oxygens (including phenoxy) is 1.